The Morgan fingerprint density at radius 3 is 2.06 bits per heavy atom. The van der Waals surface area contributed by atoms with Gasteiger partial charge in [0.25, 0.3) is 5.91 Å². The second kappa shape index (κ2) is 13.9. The SMILES string of the molecule is COc1cc(C(=O)N2CCC(CCN3CCC(C(N)=O)(c4ccc5ccccc5c4)CC3)(c3ccc(Cl)c(Cl)c3)C2)cc(OC)c1OC. The zero-order chi connectivity index (χ0) is 34.1. The summed E-state index contributed by atoms with van der Waals surface area (Å²) >= 11 is 12.9. The molecule has 2 heterocycles. The number of primary amides is 1. The molecule has 2 N–H and O–H groups in total. The Balaban J connectivity index is 1.22. The smallest absolute Gasteiger partial charge is 0.254 e. The lowest BCUT2D eigenvalue weighted by Crippen LogP contribution is -2.50. The van der Waals surface area contributed by atoms with E-state index in [4.69, 9.17) is 43.1 Å². The predicted molar refractivity (Wildman–Crippen MR) is 190 cm³/mol. The summed E-state index contributed by atoms with van der Waals surface area (Å²) in [4.78, 5) is 31.3. The molecule has 10 heteroatoms. The third-order valence-electron chi connectivity index (χ3n) is 10.5. The number of nitrogens with two attached hydrogens (primary N) is 1. The van der Waals surface area contributed by atoms with Gasteiger partial charge in [-0.1, -0.05) is 71.7 Å². The Morgan fingerprint density at radius 1 is 0.771 bits per heavy atom. The van der Waals surface area contributed by atoms with Crippen LogP contribution in [0.5, 0.6) is 17.2 Å². The van der Waals surface area contributed by atoms with Gasteiger partial charge in [-0.3, -0.25) is 9.59 Å². The number of hydrogen-bond donors (Lipinski definition) is 1. The van der Waals surface area contributed by atoms with E-state index in [0.29, 0.717) is 58.8 Å². The van der Waals surface area contributed by atoms with Gasteiger partial charge < -0.3 is 29.7 Å². The van der Waals surface area contributed by atoms with E-state index in [2.05, 4.69) is 35.2 Å². The van der Waals surface area contributed by atoms with Crippen LogP contribution in [0.2, 0.25) is 10.0 Å². The molecule has 4 aromatic rings. The molecule has 1 unspecified atom stereocenters. The van der Waals surface area contributed by atoms with E-state index >= 15 is 0 Å². The Labute approximate surface area is 291 Å². The summed E-state index contributed by atoms with van der Waals surface area (Å²) < 4.78 is 16.5. The van der Waals surface area contributed by atoms with Crippen LogP contribution < -0.4 is 19.9 Å². The molecule has 8 nitrogen and oxygen atoms in total. The van der Waals surface area contributed by atoms with Gasteiger partial charge in [-0.05, 0) is 91.5 Å². The summed E-state index contributed by atoms with van der Waals surface area (Å²) in [6, 6.07) is 23.6. The van der Waals surface area contributed by atoms with Crippen molar-refractivity contribution in [3.63, 3.8) is 0 Å². The normalized spacial score (nSPS) is 19.3. The van der Waals surface area contributed by atoms with Crippen LogP contribution in [0.3, 0.4) is 0 Å². The minimum Gasteiger partial charge on any atom is -0.493 e. The van der Waals surface area contributed by atoms with E-state index in [1.165, 1.54) is 21.3 Å². The van der Waals surface area contributed by atoms with Gasteiger partial charge in [-0.15, -0.1) is 0 Å². The van der Waals surface area contributed by atoms with Gasteiger partial charge in [0.05, 0.1) is 36.8 Å². The third kappa shape index (κ3) is 6.29. The first-order valence-electron chi connectivity index (χ1n) is 16.2. The van der Waals surface area contributed by atoms with Crippen LogP contribution in [0.25, 0.3) is 10.8 Å². The lowest BCUT2D eigenvalue weighted by atomic mass is 9.71. The van der Waals surface area contributed by atoms with Crippen molar-refractivity contribution < 1.29 is 23.8 Å². The van der Waals surface area contributed by atoms with E-state index in [1.807, 2.05) is 35.2 Å². The molecule has 6 rings (SSSR count). The largest absolute Gasteiger partial charge is 0.493 e. The number of amides is 2. The first-order valence-corrected chi connectivity index (χ1v) is 16.9. The van der Waals surface area contributed by atoms with Gasteiger partial charge in [-0.25, -0.2) is 0 Å². The van der Waals surface area contributed by atoms with Crippen molar-refractivity contribution >= 4 is 45.8 Å². The second-order valence-electron chi connectivity index (χ2n) is 12.9. The number of likely N-dealkylation sites (tertiary alicyclic amines) is 2. The molecule has 2 aliphatic heterocycles. The molecule has 0 bridgehead atoms. The van der Waals surface area contributed by atoms with Crippen LogP contribution in [-0.2, 0) is 15.6 Å². The Hall–Kier alpha value is -3.98. The highest BCUT2D eigenvalue weighted by atomic mass is 35.5. The molecule has 0 aromatic heterocycles. The van der Waals surface area contributed by atoms with Crippen LogP contribution in [0.4, 0.5) is 0 Å². The summed E-state index contributed by atoms with van der Waals surface area (Å²) in [6.45, 7) is 3.35. The zero-order valence-corrected chi connectivity index (χ0v) is 29.1. The third-order valence-corrected chi connectivity index (χ3v) is 11.2. The van der Waals surface area contributed by atoms with E-state index < -0.39 is 5.41 Å². The lowest BCUT2D eigenvalue weighted by Gasteiger charge is -2.41. The van der Waals surface area contributed by atoms with Crippen LogP contribution in [0.15, 0.2) is 72.8 Å². The number of benzene rings is 4. The molecule has 2 saturated heterocycles. The molecule has 0 spiro atoms. The van der Waals surface area contributed by atoms with Crippen LogP contribution >= 0.6 is 23.2 Å². The van der Waals surface area contributed by atoms with Crippen LogP contribution in [0.1, 0.15) is 47.2 Å². The number of carbonyl (C=O) groups excluding carboxylic acids is 2. The monoisotopic (exact) mass is 689 g/mol. The standard InChI is InChI=1S/C38H41Cl2N3O5/c1-46-32-21-27(22-33(47-2)34(32)48-3)35(44)43-19-13-37(24-43,28-10-11-30(39)31(40)23-28)12-16-42-17-14-38(15-18-42,36(41)45)29-9-8-25-6-4-5-7-26(25)20-29/h4-11,20-23H,12-19,24H2,1-3H3,(H2,41,45). The molecule has 2 fully saturated rings. The summed E-state index contributed by atoms with van der Waals surface area (Å²) in [7, 11) is 4.60. The highest BCUT2D eigenvalue weighted by molar-refractivity contribution is 6.42. The summed E-state index contributed by atoms with van der Waals surface area (Å²) in [5.41, 5.74) is 7.56. The molecule has 0 radical (unpaired) electrons. The Bertz CT molecular complexity index is 1820. The van der Waals surface area contributed by atoms with Crippen molar-refractivity contribution in [1.82, 2.24) is 9.80 Å². The molecule has 2 aliphatic rings. The fourth-order valence-corrected chi connectivity index (χ4v) is 7.84. The number of halogens is 2. The highest BCUT2D eigenvalue weighted by Crippen LogP contribution is 2.43. The number of piperidine rings is 1. The topological polar surface area (TPSA) is 94.3 Å². The first-order chi connectivity index (χ1) is 23.1. The van der Waals surface area contributed by atoms with Crippen LogP contribution in [0, 0.1) is 0 Å². The maximum Gasteiger partial charge on any atom is 0.254 e. The summed E-state index contributed by atoms with van der Waals surface area (Å²) in [5, 5.41) is 3.22. The molecule has 1 atom stereocenters. The quantitative estimate of drug-likeness (QED) is 0.195. The molecular formula is C38H41Cl2N3O5. The number of rotatable bonds is 10. The van der Waals surface area contributed by atoms with Crippen molar-refractivity contribution in [2.45, 2.75) is 36.5 Å². The minimum absolute atomic E-state index is 0.115. The van der Waals surface area contributed by atoms with E-state index in [1.54, 1.807) is 12.1 Å². The fraction of sp³-hybridized carbons (Fsp3) is 0.368. The highest BCUT2D eigenvalue weighted by Gasteiger charge is 2.44. The lowest BCUT2D eigenvalue weighted by molar-refractivity contribution is -0.125. The van der Waals surface area contributed by atoms with E-state index in [9.17, 15) is 9.59 Å². The molecule has 0 saturated carbocycles. The molecule has 4 aromatic carbocycles. The fourth-order valence-electron chi connectivity index (χ4n) is 7.54. The number of methoxy groups -OCH3 is 3. The van der Waals surface area contributed by atoms with E-state index in [-0.39, 0.29) is 17.2 Å². The average molecular weight is 691 g/mol. The van der Waals surface area contributed by atoms with Crippen LogP contribution in [-0.4, -0.2) is 75.7 Å². The molecule has 2 amide bonds. The molecule has 252 valence electrons. The number of fused-ring (bicyclic) bond motifs is 1. The second-order valence-corrected chi connectivity index (χ2v) is 13.7. The number of hydrogen-bond acceptors (Lipinski definition) is 6. The van der Waals surface area contributed by atoms with Gasteiger partial charge in [0.2, 0.25) is 11.7 Å². The summed E-state index contributed by atoms with van der Waals surface area (Å²) in [6.07, 6.45) is 2.85. The zero-order valence-electron chi connectivity index (χ0n) is 27.6. The molecule has 48 heavy (non-hydrogen) atoms. The average Bonchev–Trinajstić information content (AvgIpc) is 3.56. The molecular weight excluding hydrogens is 649 g/mol. The minimum atomic E-state index is -0.709. The first kappa shape index (κ1) is 33.9. The van der Waals surface area contributed by atoms with Crippen molar-refractivity contribution in [2.24, 2.45) is 5.73 Å². The molecule has 0 aliphatic carbocycles. The van der Waals surface area contributed by atoms with Gasteiger partial charge in [0, 0.05) is 24.1 Å². The van der Waals surface area contributed by atoms with Crippen molar-refractivity contribution in [3.8, 4) is 17.2 Å². The van der Waals surface area contributed by atoms with Gasteiger partial charge in [-0.2, -0.15) is 0 Å². The maximum absolute atomic E-state index is 14.0. The van der Waals surface area contributed by atoms with Gasteiger partial charge in [0.15, 0.2) is 11.5 Å². The van der Waals surface area contributed by atoms with Crippen molar-refractivity contribution in [2.75, 3.05) is 54.1 Å². The number of nitrogens with zero attached hydrogens (tertiary/aromatic N) is 2. The summed E-state index contributed by atoms with van der Waals surface area (Å²) in [5.74, 6) is 0.898. The van der Waals surface area contributed by atoms with E-state index in [0.717, 1.165) is 54.4 Å². The van der Waals surface area contributed by atoms with Gasteiger partial charge >= 0.3 is 0 Å². The van der Waals surface area contributed by atoms with Gasteiger partial charge in [0.1, 0.15) is 0 Å². The van der Waals surface area contributed by atoms with Crippen molar-refractivity contribution in [1.29, 1.82) is 0 Å². The maximum atomic E-state index is 14.0. The predicted octanol–water partition coefficient (Wildman–Crippen LogP) is 6.87. The number of carbonyl (C=O) groups is 2. The number of ether oxygens (including phenoxy) is 3. The Kier molecular flexibility index (Phi) is 9.79. The van der Waals surface area contributed by atoms with Crippen molar-refractivity contribution in [3.05, 3.63) is 99.5 Å². The Morgan fingerprint density at radius 2 is 1.44 bits per heavy atom.